The van der Waals surface area contributed by atoms with Gasteiger partial charge in [-0.1, -0.05) is 25.2 Å². The number of amides is 1. The summed E-state index contributed by atoms with van der Waals surface area (Å²) in [5.41, 5.74) is 5.44. The highest BCUT2D eigenvalue weighted by molar-refractivity contribution is 7.17. The molecule has 0 aliphatic rings. The number of hydrogen-bond donors (Lipinski definition) is 1. The molecule has 8 heteroatoms. The number of hydrogen-bond acceptors (Lipinski definition) is 5. The number of nitrogens with zero attached hydrogens (tertiary/aromatic N) is 2. The smallest absolute Gasteiger partial charge is 0.324 e. The van der Waals surface area contributed by atoms with Crippen LogP contribution in [0.1, 0.15) is 23.5 Å². The van der Waals surface area contributed by atoms with Gasteiger partial charge in [-0.15, -0.1) is 12.4 Å². The summed E-state index contributed by atoms with van der Waals surface area (Å²) in [6, 6.07) is 2.83. The van der Waals surface area contributed by atoms with Crippen molar-refractivity contribution < 1.29 is 9.72 Å². The topological polar surface area (TPSA) is 89.5 Å². The van der Waals surface area contributed by atoms with E-state index in [1.54, 1.807) is 11.9 Å². The van der Waals surface area contributed by atoms with Crippen molar-refractivity contribution in [3.8, 4) is 0 Å². The summed E-state index contributed by atoms with van der Waals surface area (Å²) in [5.74, 6) is -0.213. The van der Waals surface area contributed by atoms with Crippen molar-refractivity contribution >= 4 is 34.7 Å². The van der Waals surface area contributed by atoms with Gasteiger partial charge in [0.25, 0.3) is 5.91 Å². The van der Waals surface area contributed by atoms with Crippen LogP contribution >= 0.6 is 23.7 Å². The lowest BCUT2D eigenvalue weighted by Gasteiger charge is -2.28. The van der Waals surface area contributed by atoms with Gasteiger partial charge in [-0.3, -0.25) is 14.9 Å². The molecule has 0 atom stereocenters. The van der Waals surface area contributed by atoms with Gasteiger partial charge in [0.1, 0.15) is 0 Å². The molecule has 108 valence electrons. The highest BCUT2D eigenvalue weighted by atomic mass is 35.5. The maximum absolute atomic E-state index is 12.0. The third kappa shape index (κ3) is 4.77. The van der Waals surface area contributed by atoms with Crippen molar-refractivity contribution in [2.45, 2.75) is 13.8 Å². The highest BCUT2D eigenvalue weighted by Crippen LogP contribution is 2.25. The zero-order valence-electron chi connectivity index (χ0n) is 11.1. The number of nitrogens with two attached hydrogens (primary N) is 1. The molecule has 0 saturated heterocycles. The fraction of sp³-hybridized carbons (Fsp3) is 0.545. The van der Waals surface area contributed by atoms with Crippen LogP contribution < -0.4 is 5.73 Å². The van der Waals surface area contributed by atoms with E-state index in [1.165, 1.54) is 12.1 Å². The Bertz CT molecular complexity index is 462. The van der Waals surface area contributed by atoms with Crippen LogP contribution in [0.4, 0.5) is 5.00 Å². The predicted molar refractivity (Wildman–Crippen MR) is 78.0 cm³/mol. The molecule has 1 aromatic rings. The van der Waals surface area contributed by atoms with E-state index in [9.17, 15) is 14.9 Å². The van der Waals surface area contributed by atoms with E-state index in [-0.39, 0.29) is 28.7 Å². The third-order valence-electron chi connectivity index (χ3n) is 2.55. The minimum absolute atomic E-state index is 0. The van der Waals surface area contributed by atoms with E-state index in [0.29, 0.717) is 18.0 Å². The van der Waals surface area contributed by atoms with Gasteiger partial charge in [0.15, 0.2) is 0 Å². The zero-order valence-corrected chi connectivity index (χ0v) is 12.7. The lowest BCUT2D eigenvalue weighted by Crippen LogP contribution is -2.39. The first kappa shape index (κ1) is 17.8. The zero-order chi connectivity index (χ0) is 13.9. The van der Waals surface area contributed by atoms with Gasteiger partial charge in [-0.2, -0.15) is 0 Å². The van der Waals surface area contributed by atoms with Crippen LogP contribution in [0.25, 0.3) is 0 Å². The summed E-state index contributed by atoms with van der Waals surface area (Å²) in [5, 5.41) is 10.5. The van der Waals surface area contributed by atoms with Crippen LogP contribution in [0.3, 0.4) is 0 Å². The van der Waals surface area contributed by atoms with Crippen LogP contribution in [0.5, 0.6) is 0 Å². The summed E-state index contributed by atoms with van der Waals surface area (Å²) in [6.07, 6.45) is 0. The molecule has 0 radical (unpaired) electrons. The van der Waals surface area contributed by atoms with E-state index in [2.05, 4.69) is 0 Å². The first-order chi connectivity index (χ1) is 8.26. The average Bonchev–Trinajstić information content (AvgIpc) is 2.76. The molecule has 0 aromatic carbocycles. The van der Waals surface area contributed by atoms with E-state index in [4.69, 9.17) is 5.73 Å². The minimum Gasteiger partial charge on any atom is -0.340 e. The maximum atomic E-state index is 12.0. The Balaban J connectivity index is 0.00000324. The van der Waals surface area contributed by atoms with Gasteiger partial charge in [0.05, 0.1) is 9.80 Å². The third-order valence-corrected chi connectivity index (χ3v) is 3.57. The second-order valence-electron chi connectivity index (χ2n) is 4.92. The number of carbonyl (C=O) groups is 1. The van der Waals surface area contributed by atoms with Gasteiger partial charge in [-0.25, -0.2) is 0 Å². The van der Waals surface area contributed by atoms with Crippen LogP contribution in [-0.2, 0) is 0 Å². The van der Waals surface area contributed by atoms with Crippen LogP contribution in [0, 0.1) is 15.5 Å². The van der Waals surface area contributed by atoms with E-state index in [1.807, 2.05) is 13.8 Å². The van der Waals surface area contributed by atoms with Crippen molar-refractivity contribution in [2.75, 3.05) is 20.1 Å². The van der Waals surface area contributed by atoms with Crippen molar-refractivity contribution in [1.29, 1.82) is 0 Å². The molecule has 2 N–H and O–H groups in total. The molecule has 0 unspecified atom stereocenters. The van der Waals surface area contributed by atoms with Crippen molar-refractivity contribution in [3.63, 3.8) is 0 Å². The van der Waals surface area contributed by atoms with Crippen LogP contribution in [0.2, 0.25) is 0 Å². The fourth-order valence-corrected chi connectivity index (χ4v) is 2.32. The Kier molecular flexibility index (Phi) is 6.41. The van der Waals surface area contributed by atoms with Gasteiger partial charge in [0, 0.05) is 19.7 Å². The summed E-state index contributed by atoms with van der Waals surface area (Å²) >= 11 is 0.889. The van der Waals surface area contributed by atoms with Crippen molar-refractivity contribution in [2.24, 2.45) is 11.1 Å². The Morgan fingerprint density at radius 2 is 2.11 bits per heavy atom. The summed E-state index contributed by atoms with van der Waals surface area (Å²) in [6.45, 7) is 4.91. The largest absolute Gasteiger partial charge is 0.340 e. The Morgan fingerprint density at radius 1 is 1.53 bits per heavy atom. The molecule has 19 heavy (non-hydrogen) atoms. The first-order valence-corrected chi connectivity index (χ1v) is 6.28. The van der Waals surface area contributed by atoms with E-state index < -0.39 is 4.92 Å². The maximum Gasteiger partial charge on any atom is 0.324 e. The summed E-state index contributed by atoms with van der Waals surface area (Å²) < 4.78 is 0. The average molecular weight is 308 g/mol. The summed E-state index contributed by atoms with van der Waals surface area (Å²) in [4.78, 5) is 24.0. The molecular weight excluding hydrogens is 290 g/mol. The van der Waals surface area contributed by atoms with Gasteiger partial charge >= 0.3 is 5.00 Å². The molecule has 1 amide bonds. The second kappa shape index (κ2) is 6.83. The monoisotopic (exact) mass is 307 g/mol. The fourth-order valence-electron chi connectivity index (χ4n) is 1.51. The second-order valence-corrected chi connectivity index (χ2v) is 5.99. The lowest BCUT2D eigenvalue weighted by molar-refractivity contribution is -0.380. The summed E-state index contributed by atoms with van der Waals surface area (Å²) in [7, 11) is 1.67. The van der Waals surface area contributed by atoms with Crippen molar-refractivity contribution in [1.82, 2.24) is 4.90 Å². The Labute approximate surface area is 122 Å². The minimum atomic E-state index is -0.495. The van der Waals surface area contributed by atoms with Crippen LogP contribution in [-0.4, -0.2) is 35.9 Å². The Morgan fingerprint density at radius 3 is 2.53 bits per heavy atom. The van der Waals surface area contributed by atoms with Gasteiger partial charge < -0.3 is 10.6 Å². The molecule has 0 aliphatic heterocycles. The molecule has 0 saturated carbocycles. The molecule has 0 fully saturated rings. The van der Waals surface area contributed by atoms with E-state index in [0.717, 1.165) is 11.3 Å². The molecular formula is C11H18ClN3O3S. The van der Waals surface area contributed by atoms with Gasteiger partial charge in [-0.05, 0) is 18.0 Å². The van der Waals surface area contributed by atoms with E-state index >= 15 is 0 Å². The number of halogens is 1. The quantitative estimate of drug-likeness (QED) is 0.666. The number of nitro groups is 1. The lowest BCUT2D eigenvalue weighted by atomic mass is 9.93. The standard InChI is InChI=1S/C11H17N3O3S.ClH/c1-11(2,6-12)7-13(3)10(15)8-4-5-9(18-8)14(16)17;/h4-5H,6-7,12H2,1-3H3;1H. The Hall–Kier alpha value is -1.18. The number of carbonyl (C=O) groups excluding carboxylic acids is 1. The normalized spacial score (nSPS) is 10.7. The molecule has 1 heterocycles. The SMILES string of the molecule is CN(CC(C)(C)CN)C(=O)c1ccc([N+](=O)[O-])s1.Cl. The molecule has 1 aromatic heterocycles. The number of rotatable bonds is 5. The molecule has 1 rings (SSSR count). The molecule has 6 nitrogen and oxygen atoms in total. The molecule has 0 bridgehead atoms. The number of thiophene rings is 1. The highest BCUT2D eigenvalue weighted by Gasteiger charge is 2.24. The molecule has 0 spiro atoms. The predicted octanol–water partition coefficient (Wildman–Crippen LogP) is 2.14. The first-order valence-electron chi connectivity index (χ1n) is 5.46. The van der Waals surface area contributed by atoms with Gasteiger partial charge in [0.2, 0.25) is 0 Å². The molecule has 0 aliphatic carbocycles. The van der Waals surface area contributed by atoms with Crippen molar-refractivity contribution in [3.05, 3.63) is 27.1 Å². The van der Waals surface area contributed by atoms with Crippen LogP contribution in [0.15, 0.2) is 12.1 Å².